The summed E-state index contributed by atoms with van der Waals surface area (Å²) in [5, 5.41) is 0. The monoisotopic (exact) mass is 381 g/mol. The summed E-state index contributed by atoms with van der Waals surface area (Å²) in [6, 6.07) is 5.47. The van der Waals surface area contributed by atoms with Crippen LogP contribution in [0.4, 0.5) is 13.2 Å². The number of rotatable bonds is 4. The molecule has 3 heterocycles. The van der Waals surface area contributed by atoms with Crippen LogP contribution in [-0.4, -0.2) is 47.1 Å². The predicted octanol–water partition coefficient (Wildman–Crippen LogP) is 3.19. The van der Waals surface area contributed by atoms with E-state index < -0.39 is 11.7 Å². The lowest BCUT2D eigenvalue weighted by Gasteiger charge is -2.32. The zero-order valence-electron chi connectivity index (χ0n) is 14.6. The number of methoxy groups -OCH3 is 1. The van der Waals surface area contributed by atoms with Gasteiger partial charge in [0.1, 0.15) is 11.7 Å². The normalized spacial score (nSPS) is 15.5. The molecule has 1 aliphatic heterocycles. The Balaban J connectivity index is 1.56. The van der Waals surface area contributed by atoms with Crippen molar-refractivity contribution in [1.29, 1.82) is 0 Å². The molecule has 2 aromatic heterocycles. The first-order valence-electron chi connectivity index (χ1n) is 8.36. The van der Waals surface area contributed by atoms with Crippen molar-refractivity contribution < 1.29 is 27.4 Å². The molecule has 0 N–H and O–H groups in total. The number of pyridine rings is 2. The van der Waals surface area contributed by atoms with E-state index in [9.17, 15) is 18.0 Å². The van der Waals surface area contributed by atoms with Crippen LogP contribution in [0.3, 0.4) is 0 Å². The molecule has 1 aliphatic rings. The van der Waals surface area contributed by atoms with Gasteiger partial charge in [-0.2, -0.15) is 13.2 Å². The summed E-state index contributed by atoms with van der Waals surface area (Å²) in [5.41, 5.74) is -0.426. The Morgan fingerprint density at radius 3 is 2.52 bits per heavy atom. The van der Waals surface area contributed by atoms with E-state index >= 15 is 0 Å². The molecule has 0 radical (unpaired) electrons. The minimum absolute atomic E-state index is 0.140. The SMILES string of the molecule is COc1ncccc1C(=O)N1CCC(Oc2ccc(C(F)(F)F)cn2)CC1. The van der Waals surface area contributed by atoms with Crippen LogP contribution in [0.15, 0.2) is 36.7 Å². The lowest BCUT2D eigenvalue weighted by atomic mass is 10.1. The zero-order valence-corrected chi connectivity index (χ0v) is 14.6. The topological polar surface area (TPSA) is 64.5 Å². The molecule has 1 amide bonds. The van der Waals surface area contributed by atoms with E-state index in [1.807, 2.05) is 0 Å². The number of amides is 1. The summed E-state index contributed by atoms with van der Waals surface area (Å²) in [5.74, 6) is 0.239. The first-order valence-corrected chi connectivity index (χ1v) is 8.36. The highest BCUT2D eigenvalue weighted by atomic mass is 19.4. The van der Waals surface area contributed by atoms with Gasteiger partial charge in [0.05, 0.1) is 12.7 Å². The van der Waals surface area contributed by atoms with Gasteiger partial charge in [-0.3, -0.25) is 4.79 Å². The molecular formula is C18H18F3N3O3. The number of alkyl halides is 3. The Morgan fingerprint density at radius 1 is 1.19 bits per heavy atom. The molecule has 6 nitrogen and oxygen atoms in total. The summed E-state index contributed by atoms with van der Waals surface area (Å²) in [6.45, 7) is 0.921. The molecule has 0 unspecified atom stereocenters. The Bertz CT molecular complexity index is 788. The smallest absolute Gasteiger partial charge is 0.417 e. The van der Waals surface area contributed by atoms with Crippen molar-refractivity contribution in [2.75, 3.05) is 20.2 Å². The Hall–Kier alpha value is -2.84. The average Bonchev–Trinajstić information content (AvgIpc) is 2.68. The number of carbonyl (C=O) groups is 1. The van der Waals surface area contributed by atoms with Crippen LogP contribution < -0.4 is 9.47 Å². The fourth-order valence-electron chi connectivity index (χ4n) is 2.85. The van der Waals surface area contributed by atoms with E-state index in [-0.39, 0.29) is 23.8 Å². The van der Waals surface area contributed by atoms with Gasteiger partial charge in [0.15, 0.2) is 0 Å². The minimum Gasteiger partial charge on any atom is -0.480 e. The van der Waals surface area contributed by atoms with Gasteiger partial charge in [0.25, 0.3) is 5.91 Å². The molecule has 0 aliphatic carbocycles. The van der Waals surface area contributed by atoms with E-state index in [4.69, 9.17) is 9.47 Å². The molecule has 0 aromatic carbocycles. The van der Waals surface area contributed by atoms with Crippen LogP contribution in [0, 0.1) is 0 Å². The van der Waals surface area contributed by atoms with Crippen molar-refractivity contribution in [3.8, 4) is 11.8 Å². The van der Waals surface area contributed by atoms with Crippen LogP contribution in [-0.2, 0) is 6.18 Å². The second-order valence-electron chi connectivity index (χ2n) is 6.05. The third-order valence-corrected chi connectivity index (χ3v) is 4.28. The van der Waals surface area contributed by atoms with Crippen LogP contribution >= 0.6 is 0 Å². The highest BCUT2D eigenvalue weighted by molar-refractivity contribution is 5.96. The van der Waals surface area contributed by atoms with Gasteiger partial charge in [0.2, 0.25) is 11.8 Å². The molecule has 0 spiro atoms. The highest BCUT2D eigenvalue weighted by Crippen LogP contribution is 2.29. The van der Waals surface area contributed by atoms with Gasteiger partial charge in [-0.15, -0.1) is 0 Å². The number of nitrogens with zero attached hydrogens (tertiary/aromatic N) is 3. The fourth-order valence-corrected chi connectivity index (χ4v) is 2.85. The number of ether oxygens (including phenoxy) is 2. The Morgan fingerprint density at radius 2 is 1.93 bits per heavy atom. The van der Waals surface area contributed by atoms with Crippen LogP contribution in [0.5, 0.6) is 11.8 Å². The van der Waals surface area contributed by atoms with Crippen molar-refractivity contribution in [3.63, 3.8) is 0 Å². The molecule has 0 saturated carbocycles. The highest BCUT2D eigenvalue weighted by Gasteiger charge is 2.31. The van der Waals surface area contributed by atoms with Gasteiger partial charge >= 0.3 is 6.18 Å². The van der Waals surface area contributed by atoms with E-state index in [0.717, 1.165) is 12.3 Å². The van der Waals surface area contributed by atoms with Gasteiger partial charge in [-0.25, -0.2) is 9.97 Å². The zero-order chi connectivity index (χ0) is 19.4. The summed E-state index contributed by atoms with van der Waals surface area (Å²) in [7, 11) is 1.45. The molecule has 0 atom stereocenters. The molecule has 9 heteroatoms. The Kier molecular flexibility index (Phi) is 5.48. The molecule has 1 saturated heterocycles. The second-order valence-corrected chi connectivity index (χ2v) is 6.05. The first kappa shape index (κ1) is 18.9. The number of carbonyl (C=O) groups excluding carboxylic acids is 1. The summed E-state index contributed by atoms with van der Waals surface area (Å²) in [4.78, 5) is 22.0. The maximum Gasteiger partial charge on any atom is 0.417 e. The van der Waals surface area contributed by atoms with Crippen LogP contribution in [0.1, 0.15) is 28.8 Å². The van der Waals surface area contributed by atoms with Gasteiger partial charge in [0, 0.05) is 44.4 Å². The minimum atomic E-state index is -4.43. The van der Waals surface area contributed by atoms with Crippen molar-refractivity contribution in [2.24, 2.45) is 0 Å². The largest absolute Gasteiger partial charge is 0.480 e. The molecule has 144 valence electrons. The van der Waals surface area contributed by atoms with Crippen molar-refractivity contribution in [1.82, 2.24) is 14.9 Å². The number of piperidine rings is 1. The van der Waals surface area contributed by atoms with Crippen LogP contribution in [0.25, 0.3) is 0 Å². The molecule has 2 aromatic rings. The van der Waals surface area contributed by atoms with Crippen molar-refractivity contribution in [2.45, 2.75) is 25.1 Å². The number of hydrogen-bond acceptors (Lipinski definition) is 5. The van der Waals surface area contributed by atoms with Gasteiger partial charge < -0.3 is 14.4 Å². The fraction of sp³-hybridized carbons (Fsp3) is 0.389. The molecule has 3 rings (SSSR count). The first-order chi connectivity index (χ1) is 12.9. The van der Waals surface area contributed by atoms with E-state index in [2.05, 4.69) is 9.97 Å². The number of likely N-dealkylation sites (tertiary alicyclic amines) is 1. The number of hydrogen-bond donors (Lipinski definition) is 0. The maximum absolute atomic E-state index is 12.6. The van der Waals surface area contributed by atoms with Crippen LogP contribution in [0.2, 0.25) is 0 Å². The number of aromatic nitrogens is 2. The molecule has 0 bridgehead atoms. The van der Waals surface area contributed by atoms with Crippen molar-refractivity contribution in [3.05, 3.63) is 47.8 Å². The quantitative estimate of drug-likeness (QED) is 0.814. The molecule has 1 fully saturated rings. The maximum atomic E-state index is 12.6. The van der Waals surface area contributed by atoms with E-state index in [1.54, 1.807) is 23.2 Å². The Labute approximate surface area is 153 Å². The predicted molar refractivity (Wildman–Crippen MR) is 89.6 cm³/mol. The van der Waals surface area contributed by atoms with E-state index in [0.29, 0.717) is 31.5 Å². The van der Waals surface area contributed by atoms with Gasteiger partial charge in [-0.05, 0) is 18.2 Å². The third-order valence-electron chi connectivity index (χ3n) is 4.28. The summed E-state index contributed by atoms with van der Waals surface area (Å²) in [6.07, 6.45) is -1.23. The van der Waals surface area contributed by atoms with Crippen molar-refractivity contribution >= 4 is 5.91 Å². The van der Waals surface area contributed by atoms with E-state index in [1.165, 1.54) is 13.2 Å². The number of halogens is 3. The lowest BCUT2D eigenvalue weighted by molar-refractivity contribution is -0.137. The molecular weight excluding hydrogens is 363 g/mol. The standard InChI is InChI=1S/C18H18F3N3O3/c1-26-16-14(3-2-8-22-16)17(25)24-9-6-13(7-10-24)27-15-5-4-12(11-23-15)18(19,20)21/h2-5,8,11,13H,6-7,9-10H2,1H3. The summed E-state index contributed by atoms with van der Waals surface area (Å²) >= 11 is 0. The second kappa shape index (κ2) is 7.81. The lowest BCUT2D eigenvalue weighted by Crippen LogP contribution is -2.42. The third kappa shape index (κ3) is 4.47. The van der Waals surface area contributed by atoms with Gasteiger partial charge in [-0.1, -0.05) is 0 Å². The summed E-state index contributed by atoms with van der Waals surface area (Å²) < 4.78 is 48.4. The molecule has 27 heavy (non-hydrogen) atoms. The average molecular weight is 381 g/mol.